The molecule has 3 aromatic carbocycles. The number of benzene rings is 3. The van der Waals surface area contributed by atoms with Gasteiger partial charge in [0.25, 0.3) is 0 Å². The first-order valence-corrected chi connectivity index (χ1v) is 11.7. The molecule has 0 fully saturated rings. The molecular weight excluding hydrogens is 428 g/mol. The van der Waals surface area contributed by atoms with Gasteiger partial charge in [-0.3, -0.25) is 0 Å². The van der Waals surface area contributed by atoms with Gasteiger partial charge in [0.15, 0.2) is 0 Å². The van der Waals surface area contributed by atoms with E-state index in [1.165, 1.54) is 6.08 Å². The molecule has 0 spiro atoms. The van der Waals surface area contributed by atoms with E-state index in [9.17, 15) is 4.79 Å². The second-order valence-corrected chi connectivity index (χ2v) is 7.80. The average molecular weight is 461 g/mol. The summed E-state index contributed by atoms with van der Waals surface area (Å²) in [5.41, 5.74) is 3.13. The number of rotatable bonds is 14. The Bertz CT molecular complexity index is 995. The van der Waals surface area contributed by atoms with Crippen molar-refractivity contribution in [3.05, 3.63) is 90.5 Å². The number of unbranched alkanes of at least 4 members (excludes halogenated alkanes) is 3. The monoisotopic (exact) mass is 460 g/mol. The van der Waals surface area contributed by atoms with Crippen LogP contribution in [0.3, 0.4) is 0 Å². The van der Waals surface area contributed by atoms with E-state index in [-0.39, 0.29) is 19.8 Å². The molecule has 0 aliphatic rings. The van der Waals surface area contributed by atoms with Gasteiger partial charge in [0, 0.05) is 12.7 Å². The minimum absolute atomic E-state index is 0.183. The second kappa shape index (κ2) is 14.6. The first-order valence-electron chi connectivity index (χ1n) is 11.7. The summed E-state index contributed by atoms with van der Waals surface area (Å²) in [7, 11) is 0. The SMILES string of the molecule is O=C(/C=C/c1ccccc1)OCCOc1ccc(-c2ccc(OCCCCCCO)cc2)cc1. The van der Waals surface area contributed by atoms with Crippen LogP contribution in [0.1, 0.15) is 31.2 Å². The number of carbonyl (C=O) groups excluding carboxylic acids is 1. The third-order valence-corrected chi connectivity index (χ3v) is 5.17. The van der Waals surface area contributed by atoms with Crippen LogP contribution in [0.5, 0.6) is 11.5 Å². The molecule has 0 aromatic heterocycles. The number of esters is 1. The van der Waals surface area contributed by atoms with E-state index in [1.807, 2.05) is 78.9 Å². The predicted molar refractivity (Wildman–Crippen MR) is 135 cm³/mol. The van der Waals surface area contributed by atoms with Crippen molar-refractivity contribution in [2.24, 2.45) is 0 Å². The summed E-state index contributed by atoms with van der Waals surface area (Å²) in [6, 6.07) is 25.5. The fraction of sp³-hybridized carbons (Fsp3) is 0.276. The number of aliphatic hydroxyl groups excluding tert-OH is 1. The largest absolute Gasteiger partial charge is 0.494 e. The van der Waals surface area contributed by atoms with Gasteiger partial charge in [-0.05, 0) is 66.3 Å². The van der Waals surface area contributed by atoms with E-state index in [2.05, 4.69) is 0 Å². The molecule has 0 aliphatic carbocycles. The topological polar surface area (TPSA) is 65.0 Å². The Kier molecular flexibility index (Phi) is 10.7. The van der Waals surface area contributed by atoms with Crippen molar-refractivity contribution in [2.45, 2.75) is 25.7 Å². The van der Waals surface area contributed by atoms with Crippen LogP contribution in [0.2, 0.25) is 0 Å². The lowest BCUT2D eigenvalue weighted by Gasteiger charge is -2.09. The minimum atomic E-state index is -0.392. The lowest BCUT2D eigenvalue weighted by molar-refractivity contribution is -0.138. The standard InChI is InChI=1S/C29H32O5/c30-20-6-1-2-7-21-32-27-15-11-25(12-16-27)26-13-17-28(18-14-26)33-22-23-34-29(31)19-10-24-8-4-3-5-9-24/h3-5,8-19,30H,1-2,6-7,20-23H2/b19-10+. The van der Waals surface area contributed by atoms with Gasteiger partial charge < -0.3 is 19.3 Å². The molecule has 0 amide bonds. The first kappa shape index (κ1) is 25.1. The van der Waals surface area contributed by atoms with E-state index in [0.717, 1.165) is 53.9 Å². The number of aliphatic hydroxyl groups is 1. The third-order valence-electron chi connectivity index (χ3n) is 5.17. The van der Waals surface area contributed by atoms with Gasteiger partial charge in [-0.2, -0.15) is 0 Å². The normalized spacial score (nSPS) is 10.9. The van der Waals surface area contributed by atoms with Crippen molar-refractivity contribution in [3.63, 3.8) is 0 Å². The smallest absolute Gasteiger partial charge is 0.330 e. The molecule has 1 N–H and O–H groups in total. The molecule has 0 radical (unpaired) electrons. The van der Waals surface area contributed by atoms with Crippen molar-refractivity contribution in [1.29, 1.82) is 0 Å². The van der Waals surface area contributed by atoms with Gasteiger partial charge in [-0.1, -0.05) is 61.0 Å². The molecule has 0 saturated heterocycles. The van der Waals surface area contributed by atoms with E-state index in [0.29, 0.717) is 6.61 Å². The van der Waals surface area contributed by atoms with Crippen LogP contribution in [0, 0.1) is 0 Å². The Balaban J connectivity index is 1.36. The van der Waals surface area contributed by atoms with Crippen molar-refractivity contribution in [1.82, 2.24) is 0 Å². The molecular formula is C29H32O5. The molecule has 3 aromatic rings. The predicted octanol–water partition coefficient (Wildman–Crippen LogP) is 5.92. The first-order chi connectivity index (χ1) is 16.7. The molecule has 0 aliphatic heterocycles. The van der Waals surface area contributed by atoms with Crippen molar-refractivity contribution in [2.75, 3.05) is 26.4 Å². The highest BCUT2D eigenvalue weighted by Gasteiger charge is 2.02. The highest BCUT2D eigenvalue weighted by Crippen LogP contribution is 2.24. The summed E-state index contributed by atoms with van der Waals surface area (Å²) >= 11 is 0. The van der Waals surface area contributed by atoms with Crippen LogP contribution in [-0.4, -0.2) is 37.5 Å². The molecule has 0 bridgehead atoms. The Morgan fingerprint density at radius 3 is 1.88 bits per heavy atom. The minimum Gasteiger partial charge on any atom is -0.494 e. The summed E-state index contributed by atoms with van der Waals surface area (Å²) in [5, 5.41) is 8.79. The number of ether oxygens (including phenoxy) is 3. The Morgan fingerprint density at radius 1 is 0.676 bits per heavy atom. The van der Waals surface area contributed by atoms with E-state index in [1.54, 1.807) is 6.08 Å². The Hall–Kier alpha value is -3.57. The fourth-order valence-electron chi connectivity index (χ4n) is 3.32. The van der Waals surface area contributed by atoms with Gasteiger partial charge in [0.2, 0.25) is 0 Å². The number of hydrogen-bond acceptors (Lipinski definition) is 5. The van der Waals surface area contributed by atoms with E-state index >= 15 is 0 Å². The summed E-state index contributed by atoms with van der Waals surface area (Å²) in [4.78, 5) is 11.8. The summed E-state index contributed by atoms with van der Waals surface area (Å²) in [6.45, 7) is 1.42. The zero-order chi connectivity index (χ0) is 23.8. The third kappa shape index (κ3) is 9.12. The lowest BCUT2D eigenvalue weighted by atomic mass is 10.1. The molecule has 5 heteroatoms. The summed E-state index contributed by atoms with van der Waals surface area (Å²) < 4.78 is 16.6. The molecule has 0 atom stereocenters. The van der Waals surface area contributed by atoms with Crippen molar-refractivity contribution < 1.29 is 24.1 Å². The summed E-state index contributed by atoms with van der Waals surface area (Å²) in [6.07, 6.45) is 7.10. The Morgan fingerprint density at radius 2 is 1.26 bits per heavy atom. The van der Waals surface area contributed by atoms with Crippen LogP contribution in [0.4, 0.5) is 0 Å². The quantitative estimate of drug-likeness (QED) is 0.184. The Labute approximate surface area is 201 Å². The fourth-order valence-corrected chi connectivity index (χ4v) is 3.32. The van der Waals surface area contributed by atoms with Crippen LogP contribution in [-0.2, 0) is 9.53 Å². The maximum absolute atomic E-state index is 11.8. The molecule has 5 nitrogen and oxygen atoms in total. The van der Waals surface area contributed by atoms with E-state index in [4.69, 9.17) is 19.3 Å². The van der Waals surface area contributed by atoms with Crippen LogP contribution >= 0.6 is 0 Å². The number of carbonyl (C=O) groups is 1. The van der Waals surface area contributed by atoms with Crippen molar-refractivity contribution in [3.8, 4) is 22.6 Å². The maximum atomic E-state index is 11.8. The van der Waals surface area contributed by atoms with Crippen LogP contribution < -0.4 is 9.47 Å². The summed E-state index contributed by atoms with van der Waals surface area (Å²) in [5.74, 6) is 1.19. The number of hydrogen-bond donors (Lipinski definition) is 1. The van der Waals surface area contributed by atoms with E-state index < -0.39 is 5.97 Å². The molecule has 178 valence electrons. The van der Waals surface area contributed by atoms with Gasteiger partial charge in [-0.25, -0.2) is 4.79 Å². The van der Waals surface area contributed by atoms with Crippen LogP contribution in [0.25, 0.3) is 17.2 Å². The highest BCUT2D eigenvalue weighted by molar-refractivity contribution is 5.87. The average Bonchev–Trinajstić information content (AvgIpc) is 2.89. The molecule has 3 rings (SSSR count). The zero-order valence-corrected chi connectivity index (χ0v) is 19.4. The lowest BCUT2D eigenvalue weighted by Crippen LogP contribution is -2.10. The second-order valence-electron chi connectivity index (χ2n) is 7.80. The van der Waals surface area contributed by atoms with Crippen LogP contribution in [0.15, 0.2) is 84.9 Å². The molecule has 0 unspecified atom stereocenters. The van der Waals surface area contributed by atoms with Gasteiger partial charge in [0.05, 0.1) is 6.61 Å². The van der Waals surface area contributed by atoms with Gasteiger partial charge >= 0.3 is 5.97 Å². The molecule has 0 saturated carbocycles. The maximum Gasteiger partial charge on any atom is 0.330 e. The van der Waals surface area contributed by atoms with Gasteiger partial charge in [-0.15, -0.1) is 0 Å². The molecule has 0 heterocycles. The zero-order valence-electron chi connectivity index (χ0n) is 19.4. The highest BCUT2D eigenvalue weighted by atomic mass is 16.6. The molecule has 34 heavy (non-hydrogen) atoms. The van der Waals surface area contributed by atoms with Crippen molar-refractivity contribution >= 4 is 12.0 Å². The van der Waals surface area contributed by atoms with Gasteiger partial charge in [0.1, 0.15) is 24.7 Å².